The molecule has 0 bridgehead atoms. The third kappa shape index (κ3) is 4.19. The van der Waals surface area contributed by atoms with Crippen molar-refractivity contribution in [1.29, 1.82) is 0 Å². The van der Waals surface area contributed by atoms with Crippen molar-refractivity contribution in [2.75, 3.05) is 57.8 Å². The highest BCUT2D eigenvalue weighted by atomic mass is 32.1. The number of piperidine rings is 1. The summed E-state index contributed by atoms with van der Waals surface area (Å²) in [6.07, 6.45) is 3.95. The number of likely N-dealkylation sites (N-methyl/N-ethyl adjacent to an activating group) is 1. The second-order valence-electron chi connectivity index (χ2n) is 8.51. The van der Waals surface area contributed by atoms with Gasteiger partial charge in [-0.25, -0.2) is 9.50 Å². The number of rotatable bonds is 5. The highest BCUT2D eigenvalue weighted by molar-refractivity contribution is 7.20. The first kappa shape index (κ1) is 21.2. The van der Waals surface area contributed by atoms with Crippen LogP contribution in [0, 0.1) is 5.92 Å². The fraction of sp³-hybridized carbons (Fsp3) is 0.522. The second-order valence-corrected chi connectivity index (χ2v) is 9.45. The lowest BCUT2D eigenvalue weighted by molar-refractivity contribution is -0.137. The molecule has 0 spiro atoms. The normalized spacial score (nSPS) is 20.1. The molecule has 2 aromatic heterocycles. The van der Waals surface area contributed by atoms with Gasteiger partial charge >= 0.3 is 0 Å². The SMILES string of the molecule is CCN1CCN(C(=O)C2CCCN(c3nn4cc(-c5ccc(OC)cc5)nc4s3)C2)CC1. The number of nitrogens with zero attached hydrogens (tertiary/aromatic N) is 6. The van der Waals surface area contributed by atoms with E-state index in [9.17, 15) is 4.79 Å². The van der Waals surface area contributed by atoms with Crippen LogP contribution in [0.4, 0.5) is 5.13 Å². The van der Waals surface area contributed by atoms with Gasteiger partial charge in [-0.1, -0.05) is 18.3 Å². The summed E-state index contributed by atoms with van der Waals surface area (Å²) in [6.45, 7) is 8.60. The Hall–Kier alpha value is -2.65. The highest BCUT2D eigenvalue weighted by Crippen LogP contribution is 2.30. The molecule has 1 atom stereocenters. The van der Waals surface area contributed by atoms with Crippen LogP contribution in [-0.4, -0.2) is 83.2 Å². The summed E-state index contributed by atoms with van der Waals surface area (Å²) >= 11 is 1.59. The fourth-order valence-electron chi connectivity index (χ4n) is 4.61. The quantitative estimate of drug-likeness (QED) is 0.591. The van der Waals surface area contributed by atoms with E-state index in [1.807, 2.05) is 35.0 Å². The molecule has 1 unspecified atom stereocenters. The molecule has 2 aliphatic rings. The molecule has 3 aromatic rings. The number of amides is 1. The topological polar surface area (TPSA) is 66.2 Å². The Balaban J connectivity index is 1.26. The number of piperazine rings is 1. The Bertz CT molecular complexity index is 1040. The minimum Gasteiger partial charge on any atom is -0.497 e. The van der Waals surface area contributed by atoms with Crippen LogP contribution < -0.4 is 9.64 Å². The number of methoxy groups -OCH3 is 1. The zero-order valence-corrected chi connectivity index (χ0v) is 19.6. The third-order valence-electron chi connectivity index (χ3n) is 6.59. The van der Waals surface area contributed by atoms with Gasteiger partial charge in [-0.2, -0.15) is 0 Å². The number of aromatic nitrogens is 3. The number of hydrogen-bond donors (Lipinski definition) is 0. The summed E-state index contributed by atoms with van der Waals surface area (Å²) in [4.78, 5) is 25.5. The summed E-state index contributed by atoms with van der Waals surface area (Å²) in [5.74, 6) is 1.20. The first-order valence-corrected chi connectivity index (χ1v) is 12.2. The number of anilines is 1. The van der Waals surface area contributed by atoms with Crippen molar-refractivity contribution in [3.8, 4) is 17.0 Å². The van der Waals surface area contributed by atoms with E-state index in [1.165, 1.54) is 0 Å². The van der Waals surface area contributed by atoms with Crippen LogP contribution in [0.1, 0.15) is 19.8 Å². The predicted molar refractivity (Wildman–Crippen MR) is 126 cm³/mol. The van der Waals surface area contributed by atoms with Crippen LogP contribution >= 0.6 is 11.3 Å². The van der Waals surface area contributed by atoms with Gasteiger partial charge in [0.1, 0.15) is 5.75 Å². The Labute approximate surface area is 192 Å². The summed E-state index contributed by atoms with van der Waals surface area (Å²) in [5.41, 5.74) is 1.94. The minimum atomic E-state index is 0.0583. The smallest absolute Gasteiger partial charge is 0.227 e. The van der Waals surface area contributed by atoms with Gasteiger partial charge in [-0.05, 0) is 43.7 Å². The third-order valence-corrected chi connectivity index (χ3v) is 7.57. The molecular formula is C23H30N6O2S. The largest absolute Gasteiger partial charge is 0.497 e. The van der Waals surface area contributed by atoms with E-state index in [2.05, 4.69) is 21.6 Å². The molecule has 2 aliphatic heterocycles. The van der Waals surface area contributed by atoms with Crippen molar-refractivity contribution >= 4 is 27.3 Å². The number of hydrogen-bond acceptors (Lipinski definition) is 7. The van der Waals surface area contributed by atoms with Gasteiger partial charge in [0, 0.05) is 44.8 Å². The first-order chi connectivity index (χ1) is 15.6. The molecule has 9 heteroatoms. The molecule has 0 aliphatic carbocycles. The average Bonchev–Trinajstić information content (AvgIpc) is 3.43. The number of benzene rings is 1. The van der Waals surface area contributed by atoms with Crippen molar-refractivity contribution in [3.05, 3.63) is 30.5 Å². The highest BCUT2D eigenvalue weighted by Gasteiger charge is 2.32. The zero-order valence-electron chi connectivity index (χ0n) is 18.7. The minimum absolute atomic E-state index is 0.0583. The Kier molecular flexibility index (Phi) is 6.01. The van der Waals surface area contributed by atoms with E-state index < -0.39 is 0 Å². The Morgan fingerprint density at radius 3 is 2.62 bits per heavy atom. The summed E-state index contributed by atoms with van der Waals surface area (Å²) in [5, 5.41) is 5.73. The summed E-state index contributed by atoms with van der Waals surface area (Å²) < 4.78 is 7.09. The predicted octanol–water partition coefficient (Wildman–Crippen LogP) is 2.85. The molecule has 1 amide bonds. The van der Waals surface area contributed by atoms with E-state index in [0.717, 1.165) is 85.8 Å². The lowest BCUT2D eigenvalue weighted by atomic mass is 9.96. The number of carbonyl (C=O) groups is 1. The Morgan fingerprint density at radius 2 is 1.94 bits per heavy atom. The van der Waals surface area contributed by atoms with Crippen molar-refractivity contribution in [2.45, 2.75) is 19.8 Å². The van der Waals surface area contributed by atoms with Crippen molar-refractivity contribution in [1.82, 2.24) is 24.4 Å². The van der Waals surface area contributed by atoms with Gasteiger partial charge in [-0.15, -0.1) is 5.10 Å². The second kappa shape index (κ2) is 9.07. The van der Waals surface area contributed by atoms with Gasteiger partial charge in [0.2, 0.25) is 16.0 Å². The van der Waals surface area contributed by atoms with E-state index in [0.29, 0.717) is 5.91 Å². The molecule has 32 heavy (non-hydrogen) atoms. The molecule has 2 fully saturated rings. The molecular weight excluding hydrogens is 424 g/mol. The Morgan fingerprint density at radius 1 is 1.16 bits per heavy atom. The van der Waals surface area contributed by atoms with Crippen molar-refractivity contribution in [3.63, 3.8) is 0 Å². The van der Waals surface area contributed by atoms with Gasteiger partial charge in [0.15, 0.2) is 0 Å². The molecule has 8 nitrogen and oxygen atoms in total. The maximum Gasteiger partial charge on any atom is 0.227 e. The van der Waals surface area contributed by atoms with Gasteiger partial charge in [0.25, 0.3) is 0 Å². The molecule has 0 radical (unpaired) electrons. The lowest BCUT2D eigenvalue weighted by Gasteiger charge is -2.38. The van der Waals surface area contributed by atoms with Crippen LogP contribution in [-0.2, 0) is 4.79 Å². The number of fused-ring (bicyclic) bond motifs is 1. The maximum absolute atomic E-state index is 13.1. The molecule has 0 saturated carbocycles. The molecule has 2 saturated heterocycles. The molecule has 0 N–H and O–H groups in total. The monoisotopic (exact) mass is 454 g/mol. The van der Waals surface area contributed by atoms with Crippen LogP contribution in [0.2, 0.25) is 0 Å². The summed E-state index contributed by atoms with van der Waals surface area (Å²) in [6, 6.07) is 7.89. The standard InChI is InChI=1S/C23H30N6O2S/c1-3-26-11-13-27(14-12-26)21(30)18-5-4-10-28(15-18)23-25-29-16-20(24-22(29)32-23)17-6-8-19(31-2)9-7-17/h6-9,16,18H,3-5,10-15H2,1-2H3. The maximum atomic E-state index is 13.1. The van der Waals surface area contributed by atoms with Gasteiger partial charge < -0.3 is 19.4 Å². The number of carbonyl (C=O) groups excluding carboxylic acids is 1. The van der Waals surface area contributed by atoms with Crippen molar-refractivity contribution < 1.29 is 9.53 Å². The molecule has 5 rings (SSSR count). The first-order valence-electron chi connectivity index (χ1n) is 11.4. The van der Waals surface area contributed by atoms with Crippen LogP contribution in [0.25, 0.3) is 16.2 Å². The molecule has 1 aromatic carbocycles. The van der Waals surface area contributed by atoms with E-state index >= 15 is 0 Å². The lowest BCUT2D eigenvalue weighted by Crippen LogP contribution is -2.52. The van der Waals surface area contributed by atoms with Gasteiger partial charge in [0.05, 0.1) is 24.9 Å². The van der Waals surface area contributed by atoms with E-state index in [1.54, 1.807) is 18.4 Å². The van der Waals surface area contributed by atoms with Crippen LogP contribution in [0.15, 0.2) is 30.5 Å². The molecule has 4 heterocycles. The number of imidazole rings is 1. The van der Waals surface area contributed by atoms with E-state index in [4.69, 9.17) is 14.8 Å². The molecule has 170 valence electrons. The number of ether oxygens (including phenoxy) is 1. The van der Waals surface area contributed by atoms with E-state index in [-0.39, 0.29) is 5.92 Å². The van der Waals surface area contributed by atoms with Crippen molar-refractivity contribution in [2.24, 2.45) is 5.92 Å². The van der Waals surface area contributed by atoms with Crippen LogP contribution in [0.5, 0.6) is 5.75 Å². The summed E-state index contributed by atoms with van der Waals surface area (Å²) in [7, 11) is 1.66. The average molecular weight is 455 g/mol. The fourth-order valence-corrected chi connectivity index (χ4v) is 5.53. The van der Waals surface area contributed by atoms with Gasteiger partial charge in [-0.3, -0.25) is 4.79 Å². The van der Waals surface area contributed by atoms with Crippen LogP contribution in [0.3, 0.4) is 0 Å². The zero-order chi connectivity index (χ0) is 22.1.